The molecule has 12 heteroatoms. The molecule has 0 saturated carbocycles. The van der Waals surface area contributed by atoms with Gasteiger partial charge in [-0.3, -0.25) is 29.1 Å². The van der Waals surface area contributed by atoms with Gasteiger partial charge in [-0.2, -0.15) is 4.98 Å². The zero-order valence-corrected chi connectivity index (χ0v) is 14.0. The van der Waals surface area contributed by atoms with Gasteiger partial charge >= 0.3 is 17.1 Å². The number of nitrogens with two attached hydrogens (primary N) is 1. The van der Waals surface area contributed by atoms with Crippen LogP contribution in [0.2, 0.25) is 0 Å². The minimum atomic E-state index is -1.19. The molecular formula is C12H13N5O5S2. The van der Waals surface area contributed by atoms with Crippen molar-refractivity contribution in [3.63, 3.8) is 0 Å². The summed E-state index contributed by atoms with van der Waals surface area (Å²) in [5.74, 6) is -0.984. The molecule has 2 aliphatic rings. The Hall–Kier alpha value is -2.05. The van der Waals surface area contributed by atoms with E-state index in [4.69, 9.17) is 5.73 Å². The molecule has 128 valence electrons. The molecule has 0 spiro atoms. The Labute approximate surface area is 143 Å². The Morgan fingerprint density at radius 1 is 1.50 bits per heavy atom. The SMILES string of the molecule is Cn1[nH]c(=O)c(=O)nc1SCC1=C(C(=O)O)N2C(=O)[C@@H](N)[C@H]2SC1. The molecule has 0 aromatic carbocycles. The first-order chi connectivity index (χ1) is 11.3. The lowest BCUT2D eigenvalue weighted by molar-refractivity contribution is -0.147. The lowest BCUT2D eigenvalue weighted by atomic mass is 10.0. The first kappa shape index (κ1) is 16.8. The third-order valence-corrected chi connectivity index (χ3v) is 6.09. The van der Waals surface area contributed by atoms with Crippen LogP contribution < -0.4 is 16.9 Å². The van der Waals surface area contributed by atoms with Gasteiger partial charge in [0.1, 0.15) is 17.1 Å². The van der Waals surface area contributed by atoms with Crippen molar-refractivity contribution in [2.75, 3.05) is 11.5 Å². The maximum Gasteiger partial charge on any atom is 0.352 e. The van der Waals surface area contributed by atoms with Gasteiger partial charge in [0.25, 0.3) is 0 Å². The van der Waals surface area contributed by atoms with Crippen LogP contribution in [0, 0.1) is 0 Å². The predicted octanol–water partition coefficient (Wildman–Crippen LogP) is -1.86. The number of carbonyl (C=O) groups is 2. The summed E-state index contributed by atoms with van der Waals surface area (Å²) in [6.45, 7) is 0. The van der Waals surface area contributed by atoms with Crippen molar-refractivity contribution in [3.05, 3.63) is 32.0 Å². The minimum absolute atomic E-state index is 0.0626. The molecule has 2 atom stereocenters. The Morgan fingerprint density at radius 3 is 2.88 bits per heavy atom. The van der Waals surface area contributed by atoms with Gasteiger partial charge in [0.2, 0.25) is 5.91 Å². The molecule has 24 heavy (non-hydrogen) atoms. The standard InChI is InChI=1S/C12H13N5O5S2/c1-16-12(14-7(18)8(19)15-16)24-3-4-2-23-10-5(13)9(20)17(10)6(4)11(21)22/h5,10H,2-3,13H2,1H3,(H,15,19)(H,21,22)/t5-,10-/m1/s1. The number of nitrogens with zero attached hydrogens (tertiary/aromatic N) is 3. The fourth-order valence-corrected chi connectivity index (χ4v) is 4.78. The van der Waals surface area contributed by atoms with Crippen LogP contribution in [0.5, 0.6) is 0 Å². The molecule has 1 fully saturated rings. The molecule has 3 heterocycles. The van der Waals surface area contributed by atoms with Gasteiger partial charge in [-0.1, -0.05) is 11.8 Å². The van der Waals surface area contributed by atoms with Crippen LogP contribution in [-0.4, -0.2) is 59.6 Å². The van der Waals surface area contributed by atoms with E-state index in [2.05, 4.69) is 10.1 Å². The topological polar surface area (TPSA) is 151 Å². The zero-order valence-electron chi connectivity index (χ0n) is 12.4. The molecule has 1 amide bonds. The number of H-pyrrole nitrogens is 1. The number of aliphatic carboxylic acids is 1. The molecule has 1 saturated heterocycles. The predicted molar refractivity (Wildman–Crippen MR) is 86.6 cm³/mol. The van der Waals surface area contributed by atoms with E-state index in [0.717, 1.165) is 11.8 Å². The van der Waals surface area contributed by atoms with Gasteiger partial charge in [0.05, 0.1) is 0 Å². The monoisotopic (exact) mass is 371 g/mol. The lowest BCUT2D eigenvalue weighted by Crippen LogP contribution is -2.68. The highest BCUT2D eigenvalue weighted by molar-refractivity contribution is 8.01. The molecule has 0 radical (unpaired) electrons. The Kier molecular flexibility index (Phi) is 4.27. The number of aryl methyl sites for hydroxylation is 1. The number of carboxylic acids is 1. The van der Waals surface area contributed by atoms with Crippen LogP contribution in [0.15, 0.2) is 26.0 Å². The summed E-state index contributed by atoms with van der Waals surface area (Å²) in [4.78, 5) is 50.8. The van der Waals surface area contributed by atoms with Crippen molar-refractivity contribution < 1.29 is 14.7 Å². The third kappa shape index (κ3) is 2.65. The number of carbonyl (C=O) groups excluding carboxylic acids is 1. The van der Waals surface area contributed by atoms with E-state index in [0.29, 0.717) is 11.3 Å². The average molecular weight is 371 g/mol. The Balaban J connectivity index is 1.87. The highest BCUT2D eigenvalue weighted by Crippen LogP contribution is 2.40. The van der Waals surface area contributed by atoms with E-state index in [1.165, 1.54) is 28.4 Å². The lowest BCUT2D eigenvalue weighted by Gasteiger charge is -2.48. The summed E-state index contributed by atoms with van der Waals surface area (Å²) in [5.41, 5.74) is 4.42. The number of β-lactam (4-membered cyclic amide) rings is 1. The summed E-state index contributed by atoms with van der Waals surface area (Å²) in [7, 11) is 1.52. The molecule has 3 rings (SSSR count). The van der Waals surface area contributed by atoms with E-state index in [1.54, 1.807) is 0 Å². The second-order valence-corrected chi connectivity index (χ2v) is 7.23. The van der Waals surface area contributed by atoms with E-state index in [-0.39, 0.29) is 22.0 Å². The van der Waals surface area contributed by atoms with Crippen LogP contribution >= 0.6 is 23.5 Å². The van der Waals surface area contributed by atoms with Crippen LogP contribution in [0.3, 0.4) is 0 Å². The number of hydrogen-bond donors (Lipinski definition) is 3. The molecule has 0 aliphatic carbocycles. The van der Waals surface area contributed by atoms with Gasteiger partial charge in [-0.25, -0.2) is 4.79 Å². The second kappa shape index (κ2) is 6.11. The van der Waals surface area contributed by atoms with E-state index < -0.39 is 29.0 Å². The number of aromatic amines is 1. The van der Waals surface area contributed by atoms with E-state index in [9.17, 15) is 24.3 Å². The summed E-state index contributed by atoms with van der Waals surface area (Å²) in [5, 5.41) is 11.6. The van der Waals surface area contributed by atoms with Crippen molar-refractivity contribution in [1.29, 1.82) is 0 Å². The summed E-state index contributed by atoms with van der Waals surface area (Å²) in [6, 6.07) is -0.680. The summed E-state index contributed by atoms with van der Waals surface area (Å²) < 4.78 is 1.29. The van der Waals surface area contributed by atoms with E-state index >= 15 is 0 Å². The summed E-state index contributed by atoms with van der Waals surface area (Å²) >= 11 is 2.50. The van der Waals surface area contributed by atoms with Crippen LogP contribution in [0.4, 0.5) is 0 Å². The molecule has 4 N–H and O–H groups in total. The van der Waals surface area contributed by atoms with E-state index in [1.807, 2.05) is 0 Å². The first-order valence-corrected chi connectivity index (χ1v) is 8.80. The number of aromatic nitrogens is 3. The van der Waals surface area contributed by atoms with Crippen molar-refractivity contribution >= 4 is 35.4 Å². The zero-order chi connectivity index (χ0) is 17.6. The molecule has 0 bridgehead atoms. The van der Waals surface area contributed by atoms with Crippen molar-refractivity contribution in [2.24, 2.45) is 12.8 Å². The van der Waals surface area contributed by atoms with Gasteiger partial charge in [-0.15, -0.1) is 11.8 Å². The van der Waals surface area contributed by atoms with Crippen molar-refractivity contribution in [3.8, 4) is 0 Å². The van der Waals surface area contributed by atoms with Crippen LogP contribution in [0.1, 0.15) is 0 Å². The Bertz CT molecular complexity index is 875. The molecular weight excluding hydrogens is 358 g/mol. The smallest absolute Gasteiger partial charge is 0.352 e. The largest absolute Gasteiger partial charge is 0.477 e. The third-order valence-electron chi connectivity index (χ3n) is 3.61. The maximum absolute atomic E-state index is 11.9. The highest BCUT2D eigenvalue weighted by Gasteiger charge is 2.51. The fourth-order valence-electron chi connectivity index (χ4n) is 2.43. The number of nitrogens with one attached hydrogen (secondary N) is 1. The molecule has 10 nitrogen and oxygen atoms in total. The number of amides is 1. The Morgan fingerprint density at radius 2 is 2.21 bits per heavy atom. The number of hydrogen-bond acceptors (Lipinski definition) is 8. The number of thioether (sulfide) groups is 2. The van der Waals surface area contributed by atoms with Gasteiger partial charge in [-0.05, 0) is 5.57 Å². The minimum Gasteiger partial charge on any atom is -0.477 e. The maximum atomic E-state index is 11.9. The molecule has 0 unspecified atom stereocenters. The van der Waals surface area contributed by atoms with Gasteiger partial charge < -0.3 is 10.8 Å². The molecule has 1 aromatic heterocycles. The van der Waals surface area contributed by atoms with Crippen molar-refractivity contribution in [1.82, 2.24) is 19.7 Å². The quantitative estimate of drug-likeness (QED) is 0.314. The van der Waals surface area contributed by atoms with Gasteiger partial charge in [0, 0.05) is 18.6 Å². The molecule has 1 aromatic rings. The fraction of sp³-hybridized carbons (Fsp3) is 0.417. The average Bonchev–Trinajstić information content (AvgIpc) is 2.55. The van der Waals surface area contributed by atoms with Crippen LogP contribution in [-0.2, 0) is 16.6 Å². The first-order valence-electron chi connectivity index (χ1n) is 6.77. The highest BCUT2D eigenvalue weighted by atomic mass is 32.2. The number of carboxylic acid groups (broad SMARTS) is 1. The van der Waals surface area contributed by atoms with Crippen LogP contribution in [0.25, 0.3) is 0 Å². The van der Waals surface area contributed by atoms with Gasteiger partial charge in [0.15, 0.2) is 5.16 Å². The number of fused-ring (bicyclic) bond motifs is 1. The second-order valence-electron chi connectivity index (χ2n) is 5.18. The number of rotatable bonds is 4. The summed E-state index contributed by atoms with van der Waals surface area (Å²) in [6.07, 6.45) is 0. The molecule has 2 aliphatic heterocycles. The van der Waals surface area contributed by atoms with Crippen molar-refractivity contribution in [2.45, 2.75) is 16.6 Å². The normalized spacial score (nSPS) is 23.1.